The number of allylic oxidation sites excluding steroid dienone is 1. The molecular weight excluding hydrogens is 248 g/mol. The van der Waals surface area contributed by atoms with Gasteiger partial charge >= 0.3 is 0 Å². The van der Waals surface area contributed by atoms with Gasteiger partial charge in [0.15, 0.2) is 0 Å². The van der Waals surface area contributed by atoms with E-state index in [9.17, 15) is 5.26 Å². The molecule has 4 nitrogen and oxygen atoms in total. The van der Waals surface area contributed by atoms with Crippen LogP contribution >= 0.6 is 0 Å². The number of hydrogen-bond acceptors (Lipinski definition) is 2. The molecule has 0 aliphatic heterocycles. The van der Waals surface area contributed by atoms with Crippen LogP contribution in [0.25, 0.3) is 22.7 Å². The molecule has 0 saturated carbocycles. The van der Waals surface area contributed by atoms with Gasteiger partial charge in [0.2, 0.25) is 0 Å². The molecule has 0 aliphatic carbocycles. The molecule has 1 aromatic carbocycles. The molecule has 0 bridgehead atoms. The zero-order valence-corrected chi connectivity index (χ0v) is 11.4. The average molecular weight is 262 g/mol. The van der Waals surface area contributed by atoms with Crippen molar-refractivity contribution in [2.24, 2.45) is 0 Å². The third-order valence-electron chi connectivity index (χ3n) is 3.25. The lowest BCUT2D eigenvalue weighted by Gasteiger charge is -1.94. The van der Waals surface area contributed by atoms with Gasteiger partial charge in [0.1, 0.15) is 11.9 Å². The molecular formula is C16H14N4. The number of nitriles is 1. The highest BCUT2D eigenvalue weighted by Gasteiger charge is 2.09. The maximum Gasteiger partial charge on any atom is 0.149 e. The maximum atomic E-state index is 9.38. The third-order valence-corrected chi connectivity index (χ3v) is 3.25. The second-order valence-corrected chi connectivity index (χ2v) is 4.81. The Morgan fingerprint density at radius 3 is 2.70 bits per heavy atom. The van der Waals surface area contributed by atoms with Crippen LogP contribution in [0.4, 0.5) is 0 Å². The largest absolute Gasteiger partial charge is 0.362 e. The predicted octanol–water partition coefficient (Wildman–Crippen LogP) is 3.57. The Hall–Kier alpha value is -2.80. The lowest BCUT2D eigenvalue weighted by Crippen LogP contribution is -1.85. The van der Waals surface area contributed by atoms with Crippen LogP contribution < -0.4 is 0 Å². The highest BCUT2D eigenvalue weighted by atomic mass is 14.9. The zero-order chi connectivity index (χ0) is 14.1. The van der Waals surface area contributed by atoms with E-state index in [2.05, 4.69) is 21.0 Å². The summed E-state index contributed by atoms with van der Waals surface area (Å²) in [5.41, 5.74) is 5.47. The molecule has 0 aliphatic rings. The van der Waals surface area contributed by atoms with E-state index in [0.29, 0.717) is 11.4 Å². The van der Waals surface area contributed by atoms with Gasteiger partial charge in [0.05, 0.1) is 16.6 Å². The molecule has 20 heavy (non-hydrogen) atoms. The van der Waals surface area contributed by atoms with Gasteiger partial charge < -0.3 is 9.97 Å². The smallest absolute Gasteiger partial charge is 0.149 e. The Labute approximate surface area is 116 Å². The number of aryl methyl sites for hydroxylation is 2. The van der Waals surface area contributed by atoms with Crippen LogP contribution in [0.5, 0.6) is 0 Å². The first kappa shape index (κ1) is 12.2. The zero-order valence-electron chi connectivity index (χ0n) is 11.4. The Balaban J connectivity index is 2.10. The normalized spacial score (nSPS) is 11.8. The molecule has 4 heteroatoms. The van der Waals surface area contributed by atoms with Gasteiger partial charge in [-0.15, -0.1) is 0 Å². The Morgan fingerprint density at radius 2 is 2.05 bits per heavy atom. The molecule has 2 N–H and O–H groups in total. The summed E-state index contributed by atoms with van der Waals surface area (Å²) in [5.74, 6) is 0.604. The number of rotatable bonds is 2. The van der Waals surface area contributed by atoms with E-state index in [1.54, 1.807) is 0 Å². The highest BCUT2D eigenvalue weighted by molar-refractivity contribution is 5.90. The van der Waals surface area contributed by atoms with E-state index in [0.717, 1.165) is 28.0 Å². The van der Waals surface area contributed by atoms with Crippen molar-refractivity contribution >= 4 is 22.7 Å². The first-order chi connectivity index (χ1) is 9.67. The fourth-order valence-corrected chi connectivity index (χ4v) is 2.28. The minimum absolute atomic E-state index is 0.531. The summed E-state index contributed by atoms with van der Waals surface area (Å²) in [6.45, 7) is 3.99. The summed E-state index contributed by atoms with van der Waals surface area (Å²) in [6, 6.07) is 12.0. The average Bonchev–Trinajstić information content (AvgIpc) is 2.99. The summed E-state index contributed by atoms with van der Waals surface area (Å²) in [6.07, 6.45) is 1.86. The second kappa shape index (κ2) is 4.71. The number of nitrogens with one attached hydrogen (secondary N) is 2. The van der Waals surface area contributed by atoms with Crippen molar-refractivity contribution in [3.8, 4) is 6.07 Å². The van der Waals surface area contributed by atoms with Crippen molar-refractivity contribution in [1.82, 2.24) is 15.0 Å². The minimum Gasteiger partial charge on any atom is -0.362 e. The summed E-state index contributed by atoms with van der Waals surface area (Å²) in [7, 11) is 0. The van der Waals surface area contributed by atoms with Crippen molar-refractivity contribution in [3.05, 3.63) is 53.1 Å². The lowest BCUT2D eigenvalue weighted by atomic mass is 10.1. The molecule has 2 aromatic heterocycles. The van der Waals surface area contributed by atoms with Gasteiger partial charge in [-0.1, -0.05) is 12.1 Å². The fraction of sp³-hybridized carbons (Fsp3) is 0.125. The minimum atomic E-state index is 0.531. The molecule has 0 saturated heterocycles. The van der Waals surface area contributed by atoms with Crippen LogP contribution in [-0.2, 0) is 0 Å². The first-order valence-electron chi connectivity index (χ1n) is 6.40. The summed E-state index contributed by atoms with van der Waals surface area (Å²) in [5, 5.41) is 9.38. The number of nitrogens with zero attached hydrogens (tertiary/aromatic N) is 2. The number of para-hydroxylation sites is 2. The van der Waals surface area contributed by atoms with Crippen molar-refractivity contribution in [2.45, 2.75) is 13.8 Å². The molecule has 0 atom stereocenters. The quantitative estimate of drug-likeness (QED) is 0.693. The topological polar surface area (TPSA) is 68.3 Å². The number of fused-ring (bicyclic) bond motifs is 1. The number of H-pyrrole nitrogens is 2. The SMILES string of the molecule is Cc1cc(/C=C(/C#N)c2nc3ccccc3[nH]2)c(C)[nH]1. The second-order valence-electron chi connectivity index (χ2n) is 4.81. The van der Waals surface area contributed by atoms with Gasteiger partial charge in [-0.3, -0.25) is 0 Å². The third kappa shape index (κ3) is 2.10. The van der Waals surface area contributed by atoms with Crippen molar-refractivity contribution in [3.63, 3.8) is 0 Å². The number of aromatic nitrogens is 3. The maximum absolute atomic E-state index is 9.38. The van der Waals surface area contributed by atoms with Crippen molar-refractivity contribution < 1.29 is 0 Å². The van der Waals surface area contributed by atoms with Crippen molar-refractivity contribution in [2.75, 3.05) is 0 Å². The van der Waals surface area contributed by atoms with Crippen LogP contribution in [0.2, 0.25) is 0 Å². The summed E-state index contributed by atoms with van der Waals surface area (Å²) >= 11 is 0. The monoisotopic (exact) mass is 262 g/mol. The van der Waals surface area contributed by atoms with E-state index >= 15 is 0 Å². The fourth-order valence-electron chi connectivity index (χ4n) is 2.28. The first-order valence-corrected chi connectivity index (χ1v) is 6.40. The van der Waals surface area contributed by atoms with Crippen LogP contribution in [-0.4, -0.2) is 15.0 Å². The molecule has 0 radical (unpaired) electrons. The molecule has 98 valence electrons. The van der Waals surface area contributed by atoms with Gasteiger partial charge in [-0.25, -0.2) is 4.98 Å². The van der Waals surface area contributed by atoms with Crippen LogP contribution in [0, 0.1) is 25.2 Å². The lowest BCUT2D eigenvalue weighted by molar-refractivity contribution is 1.19. The van der Waals surface area contributed by atoms with Crippen LogP contribution in [0.1, 0.15) is 22.8 Å². The van der Waals surface area contributed by atoms with E-state index < -0.39 is 0 Å². The van der Waals surface area contributed by atoms with E-state index in [1.807, 2.05) is 50.3 Å². The molecule has 0 spiro atoms. The number of hydrogen-bond donors (Lipinski definition) is 2. The van der Waals surface area contributed by atoms with Crippen molar-refractivity contribution in [1.29, 1.82) is 5.26 Å². The van der Waals surface area contributed by atoms with E-state index in [-0.39, 0.29) is 0 Å². The molecule has 2 heterocycles. The number of aromatic amines is 2. The Morgan fingerprint density at radius 1 is 1.25 bits per heavy atom. The predicted molar refractivity (Wildman–Crippen MR) is 79.8 cm³/mol. The Bertz CT molecular complexity index is 810. The van der Waals surface area contributed by atoms with Crippen LogP contribution in [0.15, 0.2) is 30.3 Å². The summed E-state index contributed by atoms with van der Waals surface area (Å²) < 4.78 is 0. The summed E-state index contributed by atoms with van der Waals surface area (Å²) in [4.78, 5) is 10.9. The molecule has 3 aromatic rings. The molecule has 0 fully saturated rings. The molecule has 0 amide bonds. The van der Waals surface area contributed by atoms with Gasteiger partial charge in [-0.05, 0) is 43.7 Å². The standard InChI is InChI=1S/C16H14N4/c1-10-7-12(11(2)18-10)8-13(9-17)16-19-14-5-3-4-6-15(14)20-16/h3-8,18H,1-2H3,(H,19,20)/b13-8-. The Kier molecular flexibility index (Phi) is 2.88. The van der Waals surface area contributed by atoms with Crippen LogP contribution in [0.3, 0.4) is 0 Å². The van der Waals surface area contributed by atoms with Gasteiger partial charge in [-0.2, -0.15) is 5.26 Å². The van der Waals surface area contributed by atoms with Gasteiger partial charge in [0, 0.05) is 11.4 Å². The number of imidazole rings is 1. The number of benzene rings is 1. The highest BCUT2D eigenvalue weighted by Crippen LogP contribution is 2.20. The van der Waals surface area contributed by atoms with E-state index in [4.69, 9.17) is 0 Å². The van der Waals surface area contributed by atoms with E-state index in [1.165, 1.54) is 0 Å². The molecule has 3 rings (SSSR count). The van der Waals surface area contributed by atoms with Gasteiger partial charge in [0.25, 0.3) is 0 Å². The molecule has 0 unspecified atom stereocenters.